The Morgan fingerprint density at radius 3 is 2.75 bits per heavy atom. The third-order valence-corrected chi connectivity index (χ3v) is 5.62. The van der Waals surface area contributed by atoms with Gasteiger partial charge >= 0.3 is 0 Å². The highest BCUT2D eigenvalue weighted by atomic mass is 32.1. The molecule has 0 N–H and O–H groups in total. The van der Waals surface area contributed by atoms with E-state index in [0.717, 1.165) is 43.4 Å². The number of rotatable bonds is 5. The van der Waals surface area contributed by atoms with Gasteiger partial charge in [-0.3, -0.25) is 4.99 Å². The van der Waals surface area contributed by atoms with Crippen molar-refractivity contribution in [1.29, 1.82) is 0 Å². The van der Waals surface area contributed by atoms with Crippen molar-refractivity contribution >= 4 is 34.7 Å². The van der Waals surface area contributed by atoms with Crippen LogP contribution in [0.15, 0.2) is 60.8 Å². The minimum Gasteiger partial charge on any atom is -0.350 e. The molecule has 4 aromatic rings. The van der Waals surface area contributed by atoms with Gasteiger partial charge in [-0.2, -0.15) is 0 Å². The minimum atomic E-state index is 0.679. The summed E-state index contributed by atoms with van der Waals surface area (Å²) in [4.78, 5) is 23.0. The fourth-order valence-electron chi connectivity index (χ4n) is 3.05. The lowest BCUT2D eigenvalue weighted by Crippen LogP contribution is -1.94. The molecule has 6 nitrogen and oxygen atoms in total. The molecular weight excluding hydrogens is 368 g/mol. The number of aryl methyl sites for hydroxylation is 2. The van der Waals surface area contributed by atoms with Gasteiger partial charge in [0.25, 0.3) is 0 Å². The Labute approximate surface area is 166 Å². The summed E-state index contributed by atoms with van der Waals surface area (Å²) >= 11 is 1.58. The van der Waals surface area contributed by atoms with Crippen LogP contribution in [-0.2, 0) is 7.05 Å². The molecule has 0 bridgehead atoms. The first-order chi connectivity index (χ1) is 13.6. The van der Waals surface area contributed by atoms with E-state index in [-0.39, 0.29) is 0 Å². The van der Waals surface area contributed by atoms with Crippen molar-refractivity contribution < 1.29 is 0 Å². The number of pyridine rings is 1. The highest BCUT2D eigenvalue weighted by molar-refractivity contribution is 7.18. The van der Waals surface area contributed by atoms with Gasteiger partial charge in [0.15, 0.2) is 0 Å². The zero-order valence-electron chi connectivity index (χ0n) is 15.6. The monoisotopic (exact) mass is 386 g/mol. The summed E-state index contributed by atoms with van der Waals surface area (Å²) in [6.45, 7) is 9.43. The smallest absolute Gasteiger partial charge is 0.127 e. The Kier molecular flexibility index (Phi) is 4.67. The summed E-state index contributed by atoms with van der Waals surface area (Å²) in [5.74, 6) is 0. The van der Waals surface area contributed by atoms with Crippen molar-refractivity contribution in [2.24, 2.45) is 12.0 Å². The Hall–Kier alpha value is -3.45. The highest BCUT2D eigenvalue weighted by Crippen LogP contribution is 2.38. The molecular formula is C21H18N6S. The van der Waals surface area contributed by atoms with E-state index in [1.54, 1.807) is 35.9 Å². The first-order valence-electron chi connectivity index (χ1n) is 8.61. The zero-order valence-corrected chi connectivity index (χ0v) is 16.4. The number of aromatic nitrogens is 5. The van der Waals surface area contributed by atoms with E-state index in [0.29, 0.717) is 5.70 Å². The van der Waals surface area contributed by atoms with E-state index in [2.05, 4.69) is 38.9 Å². The van der Waals surface area contributed by atoms with Crippen molar-refractivity contribution in [1.82, 2.24) is 24.5 Å². The molecule has 4 aromatic heterocycles. The lowest BCUT2D eigenvalue weighted by Gasteiger charge is -2.08. The maximum absolute atomic E-state index is 4.92. The predicted molar refractivity (Wildman–Crippen MR) is 115 cm³/mol. The van der Waals surface area contributed by atoms with E-state index in [1.807, 2.05) is 26.2 Å². The van der Waals surface area contributed by atoms with Crippen LogP contribution in [0.2, 0.25) is 0 Å². The number of fused-ring (bicyclic) bond motifs is 1. The van der Waals surface area contributed by atoms with Crippen LogP contribution < -0.4 is 0 Å². The third kappa shape index (κ3) is 3.05. The van der Waals surface area contributed by atoms with E-state index in [1.165, 1.54) is 6.33 Å². The molecule has 0 unspecified atom stereocenters. The first-order valence-corrected chi connectivity index (χ1v) is 9.43. The van der Waals surface area contributed by atoms with Crippen LogP contribution in [-0.4, -0.2) is 31.2 Å². The average molecular weight is 386 g/mol. The summed E-state index contributed by atoms with van der Waals surface area (Å²) < 4.78 is 2.07. The molecule has 0 spiro atoms. The van der Waals surface area contributed by atoms with Crippen LogP contribution in [0.3, 0.4) is 0 Å². The summed E-state index contributed by atoms with van der Waals surface area (Å²) in [5.41, 5.74) is 5.18. The van der Waals surface area contributed by atoms with Gasteiger partial charge in [0, 0.05) is 36.6 Å². The molecule has 28 heavy (non-hydrogen) atoms. The Morgan fingerprint density at radius 1 is 1.25 bits per heavy atom. The zero-order chi connectivity index (χ0) is 19.7. The van der Waals surface area contributed by atoms with Crippen molar-refractivity contribution in [3.63, 3.8) is 0 Å². The van der Waals surface area contributed by atoms with Gasteiger partial charge in [0.1, 0.15) is 11.3 Å². The largest absolute Gasteiger partial charge is 0.350 e. The van der Waals surface area contributed by atoms with E-state index in [9.17, 15) is 0 Å². The Bertz CT molecular complexity index is 1220. The van der Waals surface area contributed by atoms with E-state index >= 15 is 0 Å². The summed E-state index contributed by atoms with van der Waals surface area (Å²) in [7, 11) is 2.01. The summed E-state index contributed by atoms with van der Waals surface area (Å²) in [6, 6.07) is 4.09. The number of aliphatic imine (C=N–C) groups is 1. The van der Waals surface area contributed by atoms with Gasteiger partial charge in [-0.05, 0) is 31.9 Å². The molecule has 4 rings (SSSR count). The van der Waals surface area contributed by atoms with Crippen LogP contribution in [0.4, 0.5) is 0 Å². The third-order valence-electron chi connectivity index (χ3n) is 4.41. The number of hydrogen-bond acceptors (Lipinski definition) is 6. The predicted octanol–water partition coefficient (Wildman–Crippen LogP) is 4.69. The fraction of sp³-hybridized carbons (Fsp3) is 0.0952. The summed E-state index contributed by atoms with van der Waals surface area (Å²) in [5, 5.41) is 1.93. The molecule has 0 aliphatic rings. The molecule has 0 saturated heterocycles. The second-order valence-corrected chi connectivity index (χ2v) is 7.22. The molecule has 0 aromatic carbocycles. The van der Waals surface area contributed by atoms with Gasteiger partial charge in [0.05, 0.1) is 33.2 Å². The lowest BCUT2D eigenvalue weighted by molar-refractivity contribution is 0.967. The van der Waals surface area contributed by atoms with Crippen LogP contribution in [0.1, 0.15) is 11.4 Å². The van der Waals surface area contributed by atoms with E-state index in [4.69, 9.17) is 9.97 Å². The number of thiazole rings is 1. The topological polar surface area (TPSA) is 68.8 Å². The number of nitrogens with zero attached hydrogens (tertiary/aromatic N) is 6. The second kappa shape index (κ2) is 7.28. The minimum absolute atomic E-state index is 0.679. The van der Waals surface area contributed by atoms with Gasteiger partial charge in [-0.15, -0.1) is 11.3 Å². The first kappa shape index (κ1) is 17.9. The van der Waals surface area contributed by atoms with Crippen molar-refractivity contribution in [3.8, 4) is 21.1 Å². The molecule has 0 atom stereocenters. The molecule has 0 amide bonds. The lowest BCUT2D eigenvalue weighted by atomic mass is 10.1. The molecule has 7 heteroatoms. The maximum atomic E-state index is 4.92. The average Bonchev–Trinajstić information content (AvgIpc) is 3.29. The Morgan fingerprint density at radius 2 is 2.04 bits per heavy atom. The van der Waals surface area contributed by atoms with Crippen LogP contribution in [0, 0.1) is 6.92 Å². The van der Waals surface area contributed by atoms with Crippen LogP contribution in [0.5, 0.6) is 0 Å². The second-order valence-electron chi connectivity index (χ2n) is 6.22. The quantitative estimate of drug-likeness (QED) is 0.369. The maximum Gasteiger partial charge on any atom is 0.127 e. The highest BCUT2D eigenvalue weighted by Gasteiger charge is 2.18. The number of allylic oxidation sites excluding steroid dienone is 2. The molecule has 4 heterocycles. The van der Waals surface area contributed by atoms with Gasteiger partial charge in [-0.1, -0.05) is 12.7 Å². The summed E-state index contributed by atoms with van der Waals surface area (Å²) in [6.07, 6.45) is 10.6. The Balaban J connectivity index is 1.96. The van der Waals surface area contributed by atoms with Crippen molar-refractivity contribution in [2.45, 2.75) is 6.92 Å². The number of hydrogen-bond donors (Lipinski definition) is 0. The normalized spacial score (nSPS) is 11.7. The molecule has 0 aliphatic carbocycles. The van der Waals surface area contributed by atoms with Gasteiger partial charge in [0.2, 0.25) is 0 Å². The molecule has 0 radical (unpaired) electrons. The molecule has 0 fully saturated rings. The molecule has 138 valence electrons. The van der Waals surface area contributed by atoms with Crippen LogP contribution in [0.25, 0.3) is 37.7 Å². The SMILES string of the molecule is C=C/C=C(\N=C)c1cc2c(ccn2C)c(-c2sc(-c3cncnc3)nc2C)n1. The molecule has 0 saturated carbocycles. The van der Waals surface area contributed by atoms with E-state index < -0.39 is 0 Å². The van der Waals surface area contributed by atoms with Crippen LogP contribution >= 0.6 is 11.3 Å². The van der Waals surface area contributed by atoms with Crippen molar-refractivity contribution in [2.75, 3.05) is 0 Å². The van der Waals surface area contributed by atoms with Gasteiger partial charge < -0.3 is 4.57 Å². The van der Waals surface area contributed by atoms with Gasteiger partial charge in [-0.25, -0.2) is 19.9 Å². The van der Waals surface area contributed by atoms with Crippen molar-refractivity contribution in [3.05, 3.63) is 67.2 Å². The fourth-order valence-corrected chi connectivity index (χ4v) is 4.09. The standard InChI is InChI=1S/C21H18N6S/c1-5-6-16(22-3)17-9-18-15(7-8-27(18)4)19(26-17)20-13(2)25-21(28-20)14-10-23-12-24-11-14/h5-12H,1,3H2,2,4H3/b16-6-. The molecule has 0 aliphatic heterocycles.